The third kappa shape index (κ3) is 9.16. The van der Waals surface area contributed by atoms with E-state index >= 15 is 0 Å². The zero-order chi connectivity index (χ0) is 68.0. The Morgan fingerprint density at radius 3 is 0.968 bits per heavy atom. The molecular formula is C91H104BN3. The van der Waals surface area contributed by atoms with Crippen molar-refractivity contribution < 1.29 is 0 Å². The molecule has 486 valence electrons. The Hall–Kier alpha value is -7.56. The van der Waals surface area contributed by atoms with Gasteiger partial charge in [0, 0.05) is 67.2 Å². The van der Waals surface area contributed by atoms with E-state index in [9.17, 15) is 0 Å². The van der Waals surface area contributed by atoms with Crippen molar-refractivity contribution in [3.05, 3.63) is 247 Å². The maximum atomic E-state index is 2.81. The Labute approximate surface area is 571 Å². The second kappa shape index (κ2) is 20.0. The van der Waals surface area contributed by atoms with Gasteiger partial charge in [0.15, 0.2) is 0 Å². The lowest BCUT2D eigenvalue weighted by Crippen LogP contribution is -2.62. The minimum absolute atomic E-state index is 0.0192. The maximum absolute atomic E-state index is 2.81. The Morgan fingerprint density at radius 1 is 0.316 bits per heavy atom. The highest BCUT2D eigenvalue weighted by Crippen LogP contribution is 2.59. The van der Waals surface area contributed by atoms with Crippen molar-refractivity contribution in [2.24, 2.45) is 0 Å². The molecule has 0 fully saturated rings. The van der Waals surface area contributed by atoms with Crippen molar-refractivity contribution in [2.75, 3.05) is 14.7 Å². The topological polar surface area (TPSA) is 9.72 Å². The van der Waals surface area contributed by atoms with E-state index in [4.69, 9.17) is 0 Å². The van der Waals surface area contributed by atoms with E-state index in [0.717, 1.165) is 36.3 Å². The van der Waals surface area contributed by atoms with Gasteiger partial charge in [0.25, 0.3) is 6.71 Å². The number of hydrogen-bond acceptors (Lipinski definition) is 3. The Balaban J connectivity index is 1.13. The molecule has 3 nitrogen and oxygen atoms in total. The highest BCUT2D eigenvalue weighted by molar-refractivity contribution is 7.00. The number of aryl methyl sites for hydroxylation is 2. The molecule has 15 rings (SSSR count). The standard InChI is InChI=1S/C91H104BN3/c1-54-43-69-71(90(21,22)63-31-27-25-29-61(63)88(69,17)18)51-75(54)94-77-49-67-65(84(9,10)41-42-85(67,11)12)47-73(77)92-74-48-66-68(87(15,16)53-86(66,13)14)50-78(74)95(76-52-72-70(44-55(76)2)89(19,20)62-30-26-28-32-64(62)91(72,23)24)80-46-60(45-79(94)81(80)92)93(58-37-33-56(34-38-58)82(3,4)5)59-39-35-57(36-40-59)83(6,7)8/h25-40,43-52H,41-42,53H2,1-24H3. The average molecular weight is 1250 g/mol. The van der Waals surface area contributed by atoms with Gasteiger partial charge in [-0.3, -0.25) is 0 Å². The van der Waals surface area contributed by atoms with E-state index < -0.39 is 0 Å². The summed E-state index contributed by atoms with van der Waals surface area (Å²) in [6, 6.07) is 64.4. The fourth-order valence-electron chi connectivity index (χ4n) is 19.5. The van der Waals surface area contributed by atoms with Crippen molar-refractivity contribution in [1.29, 1.82) is 0 Å². The minimum atomic E-state index is -0.271. The molecule has 4 aliphatic carbocycles. The molecule has 95 heavy (non-hydrogen) atoms. The third-order valence-corrected chi connectivity index (χ3v) is 25.1. The van der Waals surface area contributed by atoms with Crippen LogP contribution in [0.5, 0.6) is 0 Å². The van der Waals surface area contributed by atoms with Crippen LogP contribution < -0.4 is 31.1 Å². The monoisotopic (exact) mass is 1250 g/mol. The number of hydrogen-bond donors (Lipinski definition) is 0. The number of anilines is 9. The Kier molecular flexibility index (Phi) is 13.4. The molecular weight excluding hydrogens is 1150 g/mol. The number of benzene rings is 9. The van der Waals surface area contributed by atoms with Crippen molar-refractivity contribution in [2.45, 2.75) is 240 Å². The fraction of sp³-hybridized carbons (Fsp3) is 0.407. The summed E-state index contributed by atoms with van der Waals surface area (Å²) in [5.74, 6) is 0. The van der Waals surface area contributed by atoms with Crippen molar-refractivity contribution in [3.63, 3.8) is 0 Å². The molecule has 0 N–H and O–H groups in total. The van der Waals surface area contributed by atoms with Gasteiger partial charge in [0.2, 0.25) is 0 Å². The smallest absolute Gasteiger partial charge is 0.252 e. The summed E-state index contributed by atoms with van der Waals surface area (Å²) in [6.07, 6.45) is 3.35. The zero-order valence-electron chi connectivity index (χ0n) is 62.1. The van der Waals surface area contributed by atoms with E-state index in [0.29, 0.717) is 0 Å². The first-order valence-corrected chi connectivity index (χ1v) is 35.9. The molecule has 0 atom stereocenters. The molecule has 0 radical (unpaired) electrons. The molecule has 2 heterocycles. The minimum Gasteiger partial charge on any atom is -0.311 e. The van der Waals surface area contributed by atoms with Crippen molar-refractivity contribution >= 4 is 74.3 Å². The van der Waals surface area contributed by atoms with Gasteiger partial charge in [-0.1, -0.05) is 249 Å². The molecule has 6 aliphatic rings. The highest BCUT2D eigenvalue weighted by atomic mass is 15.2. The summed E-state index contributed by atoms with van der Waals surface area (Å²) in [5.41, 5.74) is 36.5. The molecule has 2 aliphatic heterocycles. The largest absolute Gasteiger partial charge is 0.311 e. The summed E-state index contributed by atoms with van der Waals surface area (Å²) in [4.78, 5) is 8.19. The van der Waals surface area contributed by atoms with Crippen LogP contribution in [0.1, 0.15) is 261 Å². The van der Waals surface area contributed by atoms with Gasteiger partial charge in [0.1, 0.15) is 0 Å². The van der Waals surface area contributed by atoms with Crippen LogP contribution in [0, 0.1) is 13.8 Å². The van der Waals surface area contributed by atoms with Crippen LogP contribution in [-0.2, 0) is 54.1 Å². The Morgan fingerprint density at radius 2 is 0.621 bits per heavy atom. The van der Waals surface area contributed by atoms with Crippen molar-refractivity contribution in [1.82, 2.24) is 0 Å². The van der Waals surface area contributed by atoms with Crippen LogP contribution in [0.15, 0.2) is 158 Å². The van der Waals surface area contributed by atoms with Crippen LogP contribution in [-0.4, -0.2) is 6.71 Å². The first kappa shape index (κ1) is 63.5. The van der Waals surface area contributed by atoms with E-state index in [1.54, 1.807) is 0 Å². The van der Waals surface area contributed by atoms with Gasteiger partial charge in [0.05, 0.1) is 5.69 Å². The summed E-state index contributed by atoms with van der Waals surface area (Å²) in [5, 5.41) is 0. The second-order valence-electron chi connectivity index (χ2n) is 37.0. The Bertz CT molecular complexity index is 4670. The van der Waals surface area contributed by atoms with E-state index in [2.05, 4.69) is 339 Å². The highest BCUT2D eigenvalue weighted by Gasteiger charge is 2.52. The molecule has 4 heteroatoms. The van der Waals surface area contributed by atoms with Crippen LogP contribution in [0.4, 0.5) is 51.2 Å². The zero-order valence-corrected chi connectivity index (χ0v) is 62.1. The van der Waals surface area contributed by atoms with Gasteiger partial charge in [-0.2, -0.15) is 0 Å². The molecule has 9 aromatic rings. The molecule has 0 bridgehead atoms. The summed E-state index contributed by atoms with van der Waals surface area (Å²) in [6.45, 7) is 58.6. The maximum Gasteiger partial charge on any atom is 0.252 e. The molecule has 9 aromatic carbocycles. The van der Waals surface area contributed by atoms with E-state index in [-0.39, 0.29) is 60.9 Å². The fourth-order valence-corrected chi connectivity index (χ4v) is 19.5. The summed E-state index contributed by atoms with van der Waals surface area (Å²) >= 11 is 0. The number of rotatable bonds is 5. The van der Waals surface area contributed by atoms with Gasteiger partial charge >= 0.3 is 0 Å². The first-order chi connectivity index (χ1) is 44.2. The van der Waals surface area contributed by atoms with Crippen LogP contribution >= 0.6 is 0 Å². The SMILES string of the molecule is Cc1cc2c(cc1N1c3cc4c(cc3B3c5cc6c(cc5N(c5cc7c(cc5C)C(C)(C)c5ccccc5C7(C)C)c5cc(N(c7ccc(C(C)(C)C)cc7)c7ccc(C(C)(C)C)cc7)cc1c53)C(C)(C)CC6(C)C)C(C)(C)CCC4(C)C)C(C)(C)c1ccccc1C2(C)C. The van der Waals surface area contributed by atoms with Gasteiger partial charge in [-0.05, 0) is 232 Å². The predicted octanol–water partition coefficient (Wildman–Crippen LogP) is 22.7. The van der Waals surface area contributed by atoms with E-state index in [1.807, 2.05) is 0 Å². The molecule has 0 amide bonds. The van der Waals surface area contributed by atoms with Crippen LogP contribution in [0.2, 0.25) is 0 Å². The van der Waals surface area contributed by atoms with Crippen molar-refractivity contribution in [3.8, 4) is 0 Å². The van der Waals surface area contributed by atoms with Gasteiger partial charge < -0.3 is 14.7 Å². The third-order valence-electron chi connectivity index (χ3n) is 25.1. The lowest BCUT2D eigenvalue weighted by molar-refractivity contribution is 0.332. The normalized spacial score (nSPS) is 19.4. The van der Waals surface area contributed by atoms with Crippen LogP contribution in [0.25, 0.3) is 0 Å². The molecule has 0 unspecified atom stereocenters. The second-order valence-corrected chi connectivity index (χ2v) is 37.0. The molecule has 0 saturated carbocycles. The quantitative estimate of drug-likeness (QED) is 0.159. The first-order valence-electron chi connectivity index (χ1n) is 35.9. The van der Waals surface area contributed by atoms with E-state index in [1.165, 1.54) is 140 Å². The summed E-state index contributed by atoms with van der Waals surface area (Å²) < 4.78 is 0. The molecule has 0 aromatic heterocycles. The summed E-state index contributed by atoms with van der Waals surface area (Å²) in [7, 11) is 0. The van der Waals surface area contributed by atoms with Crippen LogP contribution in [0.3, 0.4) is 0 Å². The lowest BCUT2D eigenvalue weighted by Gasteiger charge is -2.49. The predicted molar refractivity (Wildman–Crippen MR) is 409 cm³/mol. The average Bonchev–Trinajstić information content (AvgIpc) is 1.36. The van der Waals surface area contributed by atoms with Gasteiger partial charge in [-0.25, -0.2) is 0 Å². The molecule has 0 spiro atoms. The lowest BCUT2D eigenvalue weighted by atomic mass is 9.33. The molecule has 0 saturated heterocycles. The number of nitrogens with zero attached hydrogens (tertiary/aromatic N) is 3. The number of fused-ring (bicyclic) bond motifs is 10. The van der Waals surface area contributed by atoms with Gasteiger partial charge in [-0.15, -0.1) is 0 Å².